The normalized spacial score (nSPS) is 10.8. The van der Waals surface area contributed by atoms with Crippen molar-refractivity contribution in [3.8, 4) is 0 Å². The van der Waals surface area contributed by atoms with Crippen LogP contribution in [0.1, 0.15) is 11.1 Å². The molecule has 3 heterocycles. The first-order valence-corrected chi connectivity index (χ1v) is 6.79. The smallest absolute Gasteiger partial charge is 0.235 e. The average molecular weight is 272 g/mol. The van der Waals surface area contributed by atoms with Gasteiger partial charge in [-0.25, -0.2) is 0 Å². The number of amides is 1. The van der Waals surface area contributed by atoms with Crippen molar-refractivity contribution in [2.45, 2.75) is 13.3 Å². The van der Waals surface area contributed by atoms with Crippen molar-refractivity contribution in [1.29, 1.82) is 0 Å². The molecule has 0 aliphatic carbocycles. The first-order chi connectivity index (χ1) is 9.22. The highest BCUT2D eigenvalue weighted by Crippen LogP contribution is 2.11. The van der Waals surface area contributed by atoms with Gasteiger partial charge in [0.15, 0.2) is 5.65 Å². The number of aromatic nitrogens is 3. The molecule has 3 rings (SSSR count). The fraction of sp³-hybridized carbons (Fsp3) is 0.154. The molecule has 0 fully saturated rings. The molecule has 5 nitrogen and oxygen atoms in total. The summed E-state index contributed by atoms with van der Waals surface area (Å²) < 4.78 is 1.76. The Kier molecular flexibility index (Phi) is 3.00. The van der Waals surface area contributed by atoms with E-state index in [0.717, 1.165) is 16.8 Å². The highest BCUT2D eigenvalue weighted by Gasteiger charge is 2.10. The van der Waals surface area contributed by atoms with Crippen LogP contribution in [0.4, 0.5) is 5.95 Å². The monoisotopic (exact) mass is 272 g/mol. The van der Waals surface area contributed by atoms with Crippen molar-refractivity contribution < 1.29 is 4.79 Å². The van der Waals surface area contributed by atoms with Crippen molar-refractivity contribution in [3.63, 3.8) is 0 Å². The maximum Gasteiger partial charge on any atom is 0.235 e. The van der Waals surface area contributed by atoms with E-state index in [-0.39, 0.29) is 5.91 Å². The van der Waals surface area contributed by atoms with E-state index in [1.807, 2.05) is 42.1 Å². The average Bonchev–Trinajstić information content (AvgIpc) is 2.99. The quantitative estimate of drug-likeness (QED) is 0.795. The number of carbonyl (C=O) groups is 1. The summed E-state index contributed by atoms with van der Waals surface area (Å²) in [5.41, 5.74) is 2.84. The van der Waals surface area contributed by atoms with Crippen LogP contribution in [-0.2, 0) is 11.2 Å². The predicted octanol–water partition coefficient (Wildman–Crippen LogP) is 2.28. The van der Waals surface area contributed by atoms with E-state index in [9.17, 15) is 4.79 Å². The Morgan fingerprint density at radius 1 is 1.42 bits per heavy atom. The van der Waals surface area contributed by atoms with Gasteiger partial charge in [0.05, 0.1) is 6.42 Å². The molecule has 0 aliphatic rings. The molecule has 0 unspecified atom stereocenters. The summed E-state index contributed by atoms with van der Waals surface area (Å²) in [5.74, 6) is 0.364. The van der Waals surface area contributed by atoms with Crippen LogP contribution in [0.15, 0.2) is 35.2 Å². The van der Waals surface area contributed by atoms with Gasteiger partial charge in [-0.15, -0.1) is 10.2 Å². The lowest BCUT2D eigenvalue weighted by molar-refractivity contribution is -0.115. The van der Waals surface area contributed by atoms with E-state index in [1.165, 1.54) is 0 Å². The second-order valence-corrected chi connectivity index (χ2v) is 5.09. The van der Waals surface area contributed by atoms with Crippen LogP contribution in [-0.4, -0.2) is 20.5 Å². The Hall–Kier alpha value is -2.21. The molecule has 3 aromatic rings. The standard InChI is InChI=1S/C13H12N4OS/c1-9-2-4-17-11(6-9)15-16-13(17)14-12(18)7-10-3-5-19-8-10/h2-6,8H,7H2,1H3,(H,14,16,18). The number of anilines is 1. The molecule has 6 heteroatoms. The first kappa shape index (κ1) is 11.9. The first-order valence-electron chi connectivity index (χ1n) is 5.85. The van der Waals surface area contributed by atoms with Crippen molar-refractivity contribution >= 4 is 28.8 Å². The number of nitrogens with one attached hydrogen (secondary N) is 1. The van der Waals surface area contributed by atoms with Gasteiger partial charge in [-0.3, -0.25) is 14.5 Å². The number of carbonyl (C=O) groups excluding carboxylic acids is 1. The molecule has 0 spiro atoms. The van der Waals surface area contributed by atoms with Crippen molar-refractivity contribution in [3.05, 3.63) is 46.3 Å². The molecule has 0 aromatic carbocycles. The minimum atomic E-state index is -0.0896. The maximum atomic E-state index is 11.9. The number of rotatable bonds is 3. The summed E-state index contributed by atoms with van der Waals surface area (Å²) in [6, 6.07) is 5.81. The van der Waals surface area contributed by atoms with E-state index >= 15 is 0 Å². The summed E-state index contributed by atoms with van der Waals surface area (Å²) in [6.07, 6.45) is 2.20. The van der Waals surface area contributed by atoms with Crippen molar-refractivity contribution in [1.82, 2.24) is 14.6 Å². The van der Waals surface area contributed by atoms with Crippen LogP contribution < -0.4 is 5.32 Å². The van der Waals surface area contributed by atoms with Gasteiger partial charge in [0.25, 0.3) is 0 Å². The largest absolute Gasteiger partial charge is 0.294 e. The lowest BCUT2D eigenvalue weighted by Crippen LogP contribution is -2.16. The summed E-state index contributed by atoms with van der Waals surface area (Å²) in [4.78, 5) is 11.9. The van der Waals surface area contributed by atoms with Gasteiger partial charge in [0, 0.05) is 6.20 Å². The molecule has 0 radical (unpaired) electrons. The van der Waals surface area contributed by atoms with Gasteiger partial charge in [-0.05, 0) is 47.0 Å². The molecule has 3 aromatic heterocycles. The zero-order valence-corrected chi connectivity index (χ0v) is 11.1. The number of pyridine rings is 1. The molecule has 0 bridgehead atoms. The molecule has 0 saturated heterocycles. The Morgan fingerprint density at radius 3 is 3.11 bits per heavy atom. The molecule has 0 saturated carbocycles. The Labute approximate surface area is 113 Å². The highest BCUT2D eigenvalue weighted by atomic mass is 32.1. The van der Waals surface area contributed by atoms with E-state index in [4.69, 9.17) is 0 Å². The fourth-order valence-corrected chi connectivity index (χ4v) is 2.49. The molecule has 19 heavy (non-hydrogen) atoms. The molecule has 0 atom stereocenters. The van der Waals surface area contributed by atoms with Crippen molar-refractivity contribution in [2.24, 2.45) is 0 Å². The highest BCUT2D eigenvalue weighted by molar-refractivity contribution is 7.08. The van der Waals surface area contributed by atoms with Gasteiger partial charge < -0.3 is 0 Å². The third kappa shape index (κ3) is 2.48. The fourth-order valence-electron chi connectivity index (χ4n) is 1.83. The Balaban J connectivity index is 1.79. The predicted molar refractivity (Wildman–Crippen MR) is 74.4 cm³/mol. The maximum absolute atomic E-state index is 11.9. The number of nitrogens with zero attached hydrogens (tertiary/aromatic N) is 3. The number of aryl methyl sites for hydroxylation is 1. The second kappa shape index (κ2) is 4.81. The Morgan fingerprint density at radius 2 is 2.32 bits per heavy atom. The number of hydrogen-bond acceptors (Lipinski definition) is 4. The van der Waals surface area contributed by atoms with E-state index in [1.54, 1.807) is 15.7 Å². The van der Waals surface area contributed by atoms with Gasteiger partial charge in [-0.2, -0.15) is 11.3 Å². The number of thiophene rings is 1. The minimum Gasteiger partial charge on any atom is -0.294 e. The van der Waals surface area contributed by atoms with Crippen LogP contribution in [0.2, 0.25) is 0 Å². The molecular formula is C13H12N4OS. The molecule has 0 aliphatic heterocycles. The number of hydrogen-bond donors (Lipinski definition) is 1. The summed E-state index contributed by atoms with van der Waals surface area (Å²) >= 11 is 1.58. The molecular weight excluding hydrogens is 260 g/mol. The molecule has 96 valence electrons. The van der Waals surface area contributed by atoms with Crippen LogP contribution in [0.3, 0.4) is 0 Å². The van der Waals surface area contributed by atoms with Gasteiger partial charge in [0.1, 0.15) is 0 Å². The molecule has 1 N–H and O–H groups in total. The van der Waals surface area contributed by atoms with E-state index in [2.05, 4.69) is 15.5 Å². The van der Waals surface area contributed by atoms with Crippen LogP contribution >= 0.6 is 11.3 Å². The third-order valence-corrected chi connectivity index (χ3v) is 3.49. The van der Waals surface area contributed by atoms with Gasteiger partial charge in [0.2, 0.25) is 11.9 Å². The van der Waals surface area contributed by atoms with Crippen LogP contribution in [0, 0.1) is 6.92 Å². The third-order valence-electron chi connectivity index (χ3n) is 2.76. The van der Waals surface area contributed by atoms with Gasteiger partial charge >= 0.3 is 0 Å². The second-order valence-electron chi connectivity index (χ2n) is 4.31. The lowest BCUT2D eigenvalue weighted by atomic mass is 10.2. The van der Waals surface area contributed by atoms with E-state index in [0.29, 0.717) is 12.4 Å². The minimum absolute atomic E-state index is 0.0896. The summed E-state index contributed by atoms with van der Waals surface area (Å²) in [7, 11) is 0. The van der Waals surface area contributed by atoms with E-state index < -0.39 is 0 Å². The number of fused-ring (bicyclic) bond motifs is 1. The van der Waals surface area contributed by atoms with Crippen LogP contribution in [0.5, 0.6) is 0 Å². The SMILES string of the molecule is Cc1ccn2c(NC(=O)Cc3ccsc3)nnc2c1. The lowest BCUT2D eigenvalue weighted by Gasteiger charge is -2.02. The molecule has 1 amide bonds. The Bertz CT molecular complexity index is 717. The van der Waals surface area contributed by atoms with Crippen LogP contribution in [0.25, 0.3) is 5.65 Å². The van der Waals surface area contributed by atoms with Gasteiger partial charge in [-0.1, -0.05) is 0 Å². The zero-order chi connectivity index (χ0) is 13.2. The summed E-state index contributed by atoms with van der Waals surface area (Å²) in [5, 5.41) is 14.7. The van der Waals surface area contributed by atoms with Crippen molar-refractivity contribution in [2.75, 3.05) is 5.32 Å². The zero-order valence-electron chi connectivity index (χ0n) is 10.3. The summed E-state index contributed by atoms with van der Waals surface area (Å²) in [6.45, 7) is 1.99. The topological polar surface area (TPSA) is 59.3 Å².